The molecule has 0 aliphatic heterocycles. The summed E-state index contributed by atoms with van der Waals surface area (Å²) in [5.74, 6) is 0.0757. The van der Waals surface area contributed by atoms with E-state index in [0.717, 1.165) is 16.7 Å². The van der Waals surface area contributed by atoms with Crippen molar-refractivity contribution in [3.63, 3.8) is 0 Å². The fraction of sp³-hybridized carbons (Fsp3) is 0.333. The van der Waals surface area contributed by atoms with E-state index < -0.39 is 10.0 Å². The van der Waals surface area contributed by atoms with E-state index in [-0.39, 0.29) is 5.75 Å². The van der Waals surface area contributed by atoms with Gasteiger partial charge in [0.2, 0.25) is 10.0 Å². The first kappa shape index (κ1) is 17.5. The highest BCUT2D eigenvalue weighted by atomic mass is 32.2. The van der Waals surface area contributed by atoms with E-state index in [4.69, 9.17) is 0 Å². The topological polar surface area (TPSA) is 49.4 Å². The van der Waals surface area contributed by atoms with Gasteiger partial charge in [-0.2, -0.15) is 0 Å². The third-order valence-corrected chi connectivity index (χ3v) is 4.79. The highest BCUT2D eigenvalue weighted by Crippen LogP contribution is 2.20. The molecule has 23 heavy (non-hydrogen) atoms. The van der Waals surface area contributed by atoms with Crippen LogP contribution in [-0.4, -0.2) is 33.2 Å². The summed E-state index contributed by atoms with van der Waals surface area (Å²) >= 11 is 0. The largest absolute Gasteiger partial charge is 0.305 e. The van der Waals surface area contributed by atoms with Gasteiger partial charge in [0.25, 0.3) is 0 Å². The zero-order valence-electron chi connectivity index (χ0n) is 13.9. The van der Waals surface area contributed by atoms with Crippen molar-refractivity contribution in [3.8, 4) is 0 Å². The molecule has 0 saturated heterocycles. The molecule has 0 amide bonds. The lowest BCUT2D eigenvalue weighted by molar-refractivity contribution is 0.403. The van der Waals surface area contributed by atoms with Crippen LogP contribution >= 0.6 is 0 Å². The fourth-order valence-electron chi connectivity index (χ4n) is 2.41. The molecular weight excluding hydrogens is 308 g/mol. The summed E-state index contributed by atoms with van der Waals surface area (Å²) in [6.45, 7) is 2.70. The number of hydrogen-bond acceptors (Lipinski definition) is 3. The second-order valence-electron chi connectivity index (χ2n) is 6.05. The summed E-state index contributed by atoms with van der Waals surface area (Å²) in [4.78, 5) is 2.02. The van der Waals surface area contributed by atoms with Crippen LogP contribution in [0.5, 0.6) is 0 Å². The van der Waals surface area contributed by atoms with Crippen LogP contribution in [0, 0.1) is 6.92 Å². The third kappa shape index (κ3) is 5.69. The average Bonchev–Trinajstić information content (AvgIpc) is 2.49. The highest BCUT2D eigenvalue weighted by Gasteiger charge is 2.14. The van der Waals surface area contributed by atoms with E-state index in [9.17, 15) is 8.42 Å². The van der Waals surface area contributed by atoms with Crippen LogP contribution in [-0.2, 0) is 23.0 Å². The minimum atomic E-state index is -3.37. The van der Waals surface area contributed by atoms with Crippen LogP contribution in [0.25, 0.3) is 0 Å². The van der Waals surface area contributed by atoms with Gasteiger partial charge in [-0.1, -0.05) is 48.0 Å². The van der Waals surface area contributed by atoms with Gasteiger partial charge >= 0.3 is 0 Å². The third-order valence-electron chi connectivity index (χ3n) is 3.52. The number of nitrogens with zero attached hydrogens (tertiary/aromatic N) is 1. The average molecular weight is 332 g/mol. The Morgan fingerprint density at radius 1 is 1.04 bits per heavy atom. The van der Waals surface area contributed by atoms with Crippen LogP contribution in [0.15, 0.2) is 48.5 Å². The molecule has 0 aliphatic rings. The molecule has 124 valence electrons. The van der Waals surface area contributed by atoms with Crippen molar-refractivity contribution in [3.05, 3.63) is 65.2 Å². The molecule has 2 aromatic carbocycles. The van der Waals surface area contributed by atoms with Crippen LogP contribution in [0.2, 0.25) is 0 Å². The van der Waals surface area contributed by atoms with E-state index in [1.807, 2.05) is 74.4 Å². The maximum atomic E-state index is 12.4. The number of rotatable bonds is 7. The summed E-state index contributed by atoms with van der Waals surface area (Å²) < 4.78 is 27.5. The molecule has 0 unspecified atom stereocenters. The number of anilines is 1. The van der Waals surface area contributed by atoms with E-state index in [0.29, 0.717) is 18.7 Å². The van der Waals surface area contributed by atoms with Crippen molar-refractivity contribution in [1.29, 1.82) is 0 Å². The summed E-state index contributed by atoms with van der Waals surface area (Å²) in [5.41, 5.74) is 3.79. The second kappa shape index (κ2) is 7.62. The molecule has 0 fully saturated rings. The molecule has 0 bridgehead atoms. The van der Waals surface area contributed by atoms with Gasteiger partial charge in [0.15, 0.2) is 0 Å². The Balaban J connectivity index is 2.10. The lowest BCUT2D eigenvalue weighted by Crippen LogP contribution is -2.20. The number of nitrogens with one attached hydrogen (secondary N) is 1. The zero-order valence-corrected chi connectivity index (χ0v) is 14.7. The second-order valence-corrected chi connectivity index (χ2v) is 7.90. The lowest BCUT2D eigenvalue weighted by Gasteiger charge is -2.16. The maximum absolute atomic E-state index is 12.4. The van der Waals surface area contributed by atoms with Gasteiger partial charge in [-0.15, -0.1) is 0 Å². The maximum Gasteiger partial charge on any atom is 0.233 e. The van der Waals surface area contributed by atoms with Crippen LogP contribution in [0.3, 0.4) is 0 Å². The Kier molecular flexibility index (Phi) is 5.80. The van der Waals surface area contributed by atoms with Crippen molar-refractivity contribution in [1.82, 2.24) is 4.90 Å². The summed E-state index contributed by atoms with van der Waals surface area (Å²) in [6, 6.07) is 15.4. The quantitative estimate of drug-likeness (QED) is 0.848. The van der Waals surface area contributed by atoms with E-state index >= 15 is 0 Å². The molecule has 1 N–H and O–H groups in total. The highest BCUT2D eigenvalue weighted by molar-refractivity contribution is 7.92. The molecule has 0 heterocycles. The van der Waals surface area contributed by atoms with E-state index in [2.05, 4.69) is 4.72 Å². The molecule has 0 spiro atoms. The molecule has 4 nitrogen and oxygen atoms in total. The predicted octanol–water partition coefficient (Wildman–Crippen LogP) is 3.04. The first-order chi connectivity index (χ1) is 10.9. The predicted molar refractivity (Wildman–Crippen MR) is 96.1 cm³/mol. The molecule has 5 heteroatoms. The van der Waals surface area contributed by atoms with Gasteiger partial charge in [0, 0.05) is 6.54 Å². The first-order valence-corrected chi connectivity index (χ1v) is 9.29. The van der Waals surface area contributed by atoms with Crippen LogP contribution in [0.1, 0.15) is 16.7 Å². The zero-order chi connectivity index (χ0) is 16.9. The Morgan fingerprint density at radius 2 is 1.74 bits per heavy atom. The lowest BCUT2D eigenvalue weighted by atomic mass is 10.1. The van der Waals surface area contributed by atoms with Crippen molar-refractivity contribution in [2.45, 2.75) is 19.9 Å². The number of benzene rings is 2. The van der Waals surface area contributed by atoms with Gasteiger partial charge in [0.05, 0.1) is 11.4 Å². The van der Waals surface area contributed by atoms with Gasteiger partial charge in [-0.05, 0) is 44.6 Å². The summed E-state index contributed by atoms with van der Waals surface area (Å²) in [5, 5.41) is 0. The van der Waals surface area contributed by atoms with Crippen LogP contribution < -0.4 is 4.72 Å². The monoisotopic (exact) mass is 332 g/mol. The number of hydrogen-bond donors (Lipinski definition) is 1. The molecule has 0 radical (unpaired) electrons. The minimum absolute atomic E-state index is 0.0757. The smallest absolute Gasteiger partial charge is 0.233 e. The summed E-state index contributed by atoms with van der Waals surface area (Å²) in [7, 11) is 0.564. The van der Waals surface area contributed by atoms with Crippen molar-refractivity contribution in [2.24, 2.45) is 0 Å². The molecule has 0 aliphatic carbocycles. The molecule has 2 rings (SSSR count). The van der Waals surface area contributed by atoms with Gasteiger partial charge in [-0.25, -0.2) is 8.42 Å². The van der Waals surface area contributed by atoms with E-state index in [1.165, 1.54) is 0 Å². The summed E-state index contributed by atoms with van der Waals surface area (Å²) in [6.07, 6.45) is 0.505. The Bertz CT molecular complexity index is 741. The molecule has 0 atom stereocenters. The minimum Gasteiger partial charge on any atom is -0.305 e. The van der Waals surface area contributed by atoms with Crippen molar-refractivity contribution in [2.75, 3.05) is 24.6 Å². The number of sulfonamides is 1. The first-order valence-electron chi connectivity index (χ1n) is 7.64. The molecule has 0 saturated carbocycles. The van der Waals surface area contributed by atoms with E-state index in [1.54, 1.807) is 0 Å². The van der Waals surface area contributed by atoms with Gasteiger partial charge in [-0.3, -0.25) is 4.72 Å². The molecule has 0 aromatic heterocycles. The molecule has 2 aromatic rings. The van der Waals surface area contributed by atoms with Crippen molar-refractivity contribution < 1.29 is 8.42 Å². The Morgan fingerprint density at radius 3 is 2.39 bits per heavy atom. The van der Waals surface area contributed by atoms with Crippen LogP contribution in [0.4, 0.5) is 5.69 Å². The molecular formula is C18H24N2O2S. The Labute approximate surface area is 139 Å². The fourth-order valence-corrected chi connectivity index (χ4v) is 3.55. The van der Waals surface area contributed by atoms with Gasteiger partial charge < -0.3 is 4.90 Å². The number of aryl methyl sites for hydroxylation is 2. The SMILES string of the molecule is Cc1ccc(NS(=O)(=O)CCc2ccccc2)c(CN(C)C)c1. The standard InChI is InChI=1S/C18H24N2O2S/c1-15-9-10-18(17(13-15)14-20(2)3)19-23(21,22)12-11-16-7-5-4-6-8-16/h4-10,13,19H,11-12,14H2,1-3H3. The Hall–Kier alpha value is -1.85. The van der Waals surface area contributed by atoms with Gasteiger partial charge in [0.1, 0.15) is 0 Å². The normalized spacial score (nSPS) is 11.7. The van der Waals surface area contributed by atoms with Crippen molar-refractivity contribution >= 4 is 15.7 Å².